The van der Waals surface area contributed by atoms with Gasteiger partial charge in [-0.25, -0.2) is 0 Å². The maximum atomic E-state index is 6.06. The fourth-order valence-electron chi connectivity index (χ4n) is 1.17. The van der Waals surface area contributed by atoms with Gasteiger partial charge >= 0.3 is 0 Å². The van der Waals surface area contributed by atoms with Crippen LogP contribution in [-0.4, -0.2) is 6.54 Å². The van der Waals surface area contributed by atoms with Gasteiger partial charge in [0.25, 0.3) is 0 Å². The second-order valence-corrected chi connectivity index (χ2v) is 4.00. The molecule has 1 aromatic carbocycles. The van der Waals surface area contributed by atoms with E-state index in [4.69, 9.17) is 23.2 Å². The fourth-order valence-corrected chi connectivity index (χ4v) is 1.62. The first-order valence-electron chi connectivity index (χ1n) is 4.74. The van der Waals surface area contributed by atoms with Gasteiger partial charge in [0, 0.05) is 18.0 Å². The highest BCUT2D eigenvalue weighted by molar-refractivity contribution is 6.35. The van der Waals surface area contributed by atoms with E-state index in [1.54, 1.807) is 0 Å². The third-order valence-electron chi connectivity index (χ3n) is 1.99. The molecule has 0 aliphatic rings. The molecule has 1 aromatic rings. The van der Waals surface area contributed by atoms with E-state index in [0.29, 0.717) is 5.02 Å². The number of rotatable bonds is 3. The molecule has 0 amide bonds. The van der Waals surface area contributed by atoms with Gasteiger partial charge in [-0.3, -0.25) is 0 Å². The van der Waals surface area contributed by atoms with Crippen LogP contribution in [0.2, 0.25) is 10.0 Å². The second kappa shape index (κ2) is 5.90. The first-order valence-corrected chi connectivity index (χ1v) is 5.50. The molecule has 15 heavy (non-hydrogen) atoms. The Morgan fingerprint density at radius 1 is 1.27 bits per heavy atom. The van der Waals surface area contributed by atoms with Crippen LogP contribution in [0, 0.1) is 18.8 Å². The number of hydrogen-bond acceptors (Lipinski definition) is 1. The van der Waals surface area contributed by atoms with Crippen LogP contribution in [0.15, 0.2) is 12.1 Å². The molecule has 0 spiro atoms. The second-order valence-electron chi connectivity index (χ2n) is 3.18. The van der Waals surface area contributed by atoms with Crippen LogP contribution < -0.4 is 5.32 Å². The summed E-state index contributed by atoms with van der Waals surface area (Å²) in [5, 5.41) is 4.62. The van der Waals surface area contributed by atoms with Crippen molar-refractivity contribution in [1.82, 2.24) is 0 Å². The molecule has 0 fully saturated rings. The molecule has 1 nitrogen and oxygen atoms in total. The van der Waals surface area contributed by atoms with Crippen molar-refractivity contribution in [1.29, 1.82) is 0 Å². The number of nitrogens with one attached hydrogen (secondary N) is 1. The number of aryl methyl sites for hydroxylation is 1. The molecule has 0 saturated carbocycles. The van der Waals surface area contributed by atoms with Crippen molar-refractivity contribution in [3.05, 3.63) is 27.7 Å². The summed E-state index contributed by atoms with van der Waals surface area (Å²) in [5.41, 5.74) is 1.85. The quantitative estimate of drug-likeness (QED) is 0.620. The topological polar surface area (TPSA) is 12.0 Å². The summed E-state index contributed by atoms with van der Waals surface area (Å²) in [7, 11) is 0. The van der Waals surface area contributed by atoms with Crippen molar-refractivity contribution in [2.75, 3.05) is 11.9 Å². The summed E-state index contributed by atoms with van der Waals surface area (Å²) in [6, 6.07) is 3.70. The van der Waals surface area contributed by atoms with E-state index in [-0.39, 0.29) is 0 Å². The summed E-state index contributed by atoms with van der Waals surface area (Å²) < 4.78 is 0. The molecule has 0 aromatic heterocycles. The predicted molar refractivity (Wildman–Crippen MR) is 67.8 cm³/mol. The van der Waals surface area contributed by atoms with Crippen LogP contribution in [0.5, 0.6) is 0 Å². The Morgan fingerprint density at radius 2 is 2.00 bits per heavy atom. The Balaban J connectivity index is 2.67. The van der Waals surface area contributed by atoms with E-state index in [2.05, 4.69) is 17.2 Å². The first kappa shape index (κ1) is 12.2. The van der Waals surface area contributed by atoms with E-state index in [9.17, 15) is 0 Å². The van der Waals surface area contributed by atoms with Gasteiger partial charge in [-0.1, -0.05) is 23.2 Å². The molecule has 1 N–H and O–H groups in total. The summed E-state index contributed by atoms with van der Waals surface area (Å²) in [4.78, 5) is 0. The lowest BCUT2D eigenvalue weighted by Crippen LogP contribution is -2.01. The minimum absolute atomic E-state index is 0.696. The van der Waals surface area contributed by atoms with Crippen molar-refractivity contribution >= 4 is 28.9 Å². The third kappa shape index (κ3) is 3.66. The van der Waals surface area contributed by atoms with Gasteiger partial charge in [-0.2, -0.15) is 0 Å². The normalized spacial score (nSPS) is 9.33. The molecular weight excluding hydrogens is 229 g/mol. The van der Waals surface area contributed by atoms with Gasteiger partial charge in [0.15, 0.2) is 0 Å². The van der Waals surface area contributed by atoms with Gasteiger partial charge in [-0.15, -0.1) is 11.8 Å². The Morgan fingerprint density at radius 3 is 2.67 bits per heavy atom. The van der Waals surface area contributed by atoms with Gasteiger partial charge in [-0.05, 0) is 31.5 Å². The number of benzene rings is 1. The standard InChI is InChI=1S/C12H13Cl2N/c1-3-4-5-6-15-12-8-10(13)9(2)7-11(12)14/h7-8,15H,5-6H2,1-2H3. The zero-order chi connectivity index (χ0) is 11.3. The van der Waals surface area contributed by atoms with Crippen molar-refractivity contribution in [2.45, 2.75) is 20.3 Å². The van der Waals surface area contributed by atoms with E-state index >= 15 is 0 Å². The van der Waals surface area contributed by atoms with Crippen molar-refractivity contribution in [2.24, 2.45) is 0 Å². The molecule has 0 saturated heterocycles. The Kier molecular flexibility index (Phi) is 4.81. The zero-order valence-corrected chi connectivity index (χ0v) is 10.3. The third-order valence-corrected chi connectivity index (χ3v) is 2.71. The minimum atomic E-state index is 0.696. The number of anilines is 1. The van der Waals surface area contributed by atoms with Crippen LogP contribution in [0.4, 0.5) is 5.69 Å². The minimum Gasteiger partial charge on any atom is -0.383 e. The number of halogens is 2. The molecule has 80 valence electrons. The lowest BCUT2D eigenvalue weighted by molar-refractivity contribution is 1.10. The SMILES string of the molecule is CC#CCCNc1cc(Cl)c(C)cc1Cl. The zero-order valence-electron chi connectivity index (χ0n) is 8.82. The first-order chi connectivity index (χ1) is 7.15. The largest absolute Gasteiger partial charge is 0.383 e. The van der Waals surface area contributed by atoms with Gasteiger partial charge < -0.3 is 5.32 Å². The lowest BCUT2D eigenvalue weighted by Gasteiger charge is -2.08. The van der Waals surface area contributed by atoms with Crippen molar-refractivity contribution in [3.8, 4) is 11.8 Å². The monoisotopic (exact) mass is 241 g/mol. The summed E-state index contributed by atoms with van der Waals surface area (Å²) in [5.74, 6) is 5.82. The fraction of sp³-hybridized carbons (Fsp3) is 0.333. The number of hydrogen-bond donors (Lipinski definition) is 1. The van der Waals surface area contributed by atoms with Crippen molar-refractivity contribution in [3.63, 3.8) is 0 Å². The summed E-state index contributed by atoms with van der Waals surface area (Å²) >= 11 is 12.1. The van der Waals surface area contributed by atoms with Crippen LogP contribution in [0.1, 0.15) is 18.9 Å². The Bertz CT molecular complexity index is 402. The molecule has 3 heteroatoms. The maximum Gasteiger partial charge on any atom is 0.0641 e. The van der Waals surface area contributed by atoms with Crippen LogP contribution >= 0.6 is 23.2 Å². The van der Waals surface area contributed by atoms with Crippen LogP contribution in [0.3, 0.4) is 0 Å². The average Bonchev–Trinajstić information content (AvgIpc) is 2.20. The molecule has 0 aliphatic heterocycles. The highest BCUT2D eigenvalue weighted by Gasteiger charge is 2.03. The van der Waals surface area contributed by atoms with E-state index in [0.717, 1.165) is 29.2 Å². The maximum absolute atomic E-state index is 6.06. The van der Waals surface area contributed by atoms with Crippen LogP contribution in [0.25, 0.3) is 0 Å². The summed E-state index contributed by atoms with van der Waals surface area (Å²) in [6.07, 6.45) is 0.804. The molecule has 0 bridgehead atoms. The Hall–Kier alpha value is -0.840. The molecule has 0 heterocycles. The highest BCUT2D eigenvalue weighted by Crippen LogP contribution is 2.28. The van der Waals surface area contributed by atoms with Crippen LogP contribution in [-0.2, 0) is 0 Å². The molecule has 1 rings (SSSR count). The molecule has 0 aliphatic carbocycles. The molecule has 0 unspecified atom stereocenters. The molecule has 0 radical (unpaired) electrons. The average molecular weight is 242 g/mol. The smallest absolute Gasteiger partial charge is 0.0641 e. The van der Waals surface area contributed by atoms with Gasteiger partial charge in [0.1, 0.15) is 0 Å². The summed E-state index contributed by atoms with van der Waals surface area (Å²) in [6.45, 7) is 4.54. The van der Waals surface area contributed by atoms with E-state index < -0.39 is 0 Å². The Labute approximate surface area is 101 Å². The van der Waals surface area contributed by atoms with Crippen molar-refractivity contribution < 1.29 is 0 Å². The van der Waals surface area contributed by atoms with E-state index in [1.807, 2.05) is 26.0 Å². The molecule has 0 atom stereocenters. The van der Waals surface area contributed by atoms with Gasteiger partial charge in [0.05, 0.1) is 10.7 Å². The van der Waals surface area contributed by atoms with E-state index in [1.165, 1.54) is 0 Å². The predicted octanol–water partition coefficient (Wildman–Crippen LogP) is 4.13. The lowest BCUT2D eigenvalue weighted by atomic mass is 10.2. The highest BCUT2D eigenvalue weighted by atomic mass is 35.5. The van der Waals surface area contributed by atoms with Gasteiger partial charge in [0.2, 0.25) is 0 Å². The molecular formula is C12H13Cl2N.